The van der Waals surface area contributed by atoms with Crippen LogP contribution in [0.1, 0.15) is 68.4 Å². The number of amides is 2. The number of nitro benzene ring substituents is 1. The van der Waals surface area contributed by atoms with Crippen molar-refractivity contribution in [3.05, 3.63) is 119 Å². The summed E-state index contributed by atoms with van der Waals surface area (Å²) in [5, 5.41) is 48.6. The molecule has 2 amide bonds. The maximum atomic E-state index is 14.5. The summed E-state index contributed by atoms with van der Waals surface area (Å²) < 4.78 is 42.7. The van der Waals surface area contributed by atoms with Crippen molar-refractivity contribution in [3.8, 4) is 23.0 Å². The minimum Gasteiger partial charge on any atom is -0.497 e. The number of benzene rings is 3. The molecular weight excluding hydrogens is 921 g/mol. The molecule has 3 aromatic rings. The number of carbonyl (C=O) groups is 2. The molecule has 4 N–H and O–H groups in total. The van der Waals surface area contributed by atoms with E-state index in [9.17, 15) is 35.0 Å². The average Bonchev–Trinajstić information content (AvgIpc) is 3.37. The van der Waals surface area contributed by atoms with E-state index in [4.69, 9.17) is 43.2 Å². The van der Waals surface area contributed by atoms with Gasteiger partial charge in [-0.2, -0.15) is 0 Å². The van der Waals surface area contributed by atoms with Gasteiger partial charge in [0.05, 0.1) is 69.5 Å². The van der Waals surface area contributed by atoms with Crippen LogP contribution >= 0.6 is 0 Å². The second-order valence-corrected chi connectivity index (χ2v) is 17.3. The molecule has 3 aromatic carbocycles. The molecule has 1 saturated carbocycles. The summed E-state index contributed by atoms with van der Waals surface area (Å²) in [6, 6.07) is 15.0. The molecule has 1 heterocycles. The van der Waals surface area contributed by atoms with Gasteiger partial charge in [0, 0.05) is 55.9 Å². The number of nitrogens with zero attached hydrogens (tertiary/aromatic N) is 3. The summed E-state index contributed by atoms with van der Waals surface area (Å²) in [6.45, 7) is 7.54. The summed E-state index contributed by atoms with van der Waals surface area (Å²) in [4.78, 5) is 46.7. The minimum atomic E-state index is -1.65. The van der Waals surface area contributed by atoms with Gasteiger partial charge in [-0.3, -0.25) is 20.3 Å². The Balaban J connectivity index is 1.54. The molecule has 71 heavy (non-hydrogen) atoms. The van der Waals surface area contributed by atoms with Crippen LogP contribution in [0.5, 0.6) is 23.0 Å². The van der Waals surface area contributed by atoms with Crippen LogP contribution in [0.15, 0.2) is 103 Å². The number of anilines is 1. The number of oxime groups is 1. The monoisotopic (exact) mass is 986 g/mol. The third-order valence-electron chi connectivity index (χ3n) is 12.9. The van der Waals surface area contributed by atoms with Gasteiger partial charge in [0.1, 0.15) is 35.6 Å². The van der Waals surface area contributed by atoms with Gasteiger partial charge < -0.3 is 53.3 Å². The zero-order valence-electron chi connectivity index (χ0n) is 40.4. The zero-order valence-corrected chi connectivity index (χ0v) is 40.4. The summed E-state index contributed by atoms with van der Waals surface area (Å²) in [7, 11) is 3.00. The maximum absolute atomic E-state index is 14.5. The number of nitrogens with one attached hydrogen (secondary N) is 1. The quantitative estimate of drug-likeness (QED) is 0.0233. The standard InChI is InChI=1S/C52H66N4O15/c1-5-7-27-67-51(61)55(22-28-66-29-25-59)47-33-44(54-69-34-35-14-16-37(17-15-35)56(62)63)41-30-36(12-8-10-23-57)40(13-9-11-24-58)48-42-31-39(19-21-45(42)71-52(47,49(41)48)68-26-6-2)70-50(60)53-43-20-18-38(64-3)32-46(43)65-4/h5-6,14-21,30-32,36,40,47-49,57-59H,1-2,7-13,22-29,33-34H2,3-4H3,(H,53,60). The highest BCUT2D eigenvalue weighted by Gasteiger charge is 2.65. The van der Waals surface area contributed by atoms with Crippen molar-refractivity contribution < 1.29 is 67.8 Å². The summed E-state index contributed by atoms with van der Waals surface area (Å²) in [5.74, 6) is -1.60. The number of rotatable bonds is 28. The topological polar surface area (TPSA) is 239 Å². The Kier molecular flexibility index (Phi) is 20.2. The molecule has 1 aliphatic heterocycles. The van der Waals surface area contributed by atoms with Gasteiger partial charge in [-0.05, 0) is 97.5 Å². The molecule has 6 unspecified atom stereocenters. The first-order chi connectivity index (χ1) is 34.5. The lowest BCUT2D eigenvalue weighted by Crippen LogP contribution is -2.70. The summed E-state index contributed by atoms with van der Waals surface area (Å²) >= 11 is 0. The van der Waals surface area contributed by atoms with E-state index in [1.165, 1.54) is 31.3 Å². The lowest BCUT2D eigenvalue weighted by atomic mass is 9.55. The van der Waals surface area contributed by atoms with Crippen LogP contribution in [0.4, 0.5) is 21.0 Å². The number of non-ortho nitro benzene ring substituents is 1. The average molecular weight is 987 g/mol. The Bertz CT molecular complexity index is 2340. The molecule has 0 spiro atoms. The van der Waals surface area contributed by atoms with E-state index in [2.05, 4.69) is 24.6 Å². The first kappa shape index (κ1) is 53.8. The number of allylic oxidation sites excluding steroid dienone is 1. The van der Waals surface area contributed by atoms with E-state index in [1.807, 2.05) is 0 Å². The van der Waals surface area contributed by atoms with Gasteiger partial charge in [-0.1, -0.05) is 36.2 Å². The summed E-state index contributed by atoms with van der Waals surface area (Å²) in [6.07, 6.45) is 8.16. The molecule has 384 valence electrons. The van der Waals surface area contributed by atoms with Crippen molar-refractivity contribution in [2.45, 2.75) is 75.7 Å². The number of nitro groups is 1. The van der Waals surface area contributed by atoms with Crippen molar-refractivity contribution in [3.63, 3.8) is 0 Å². The highest BCUT2D eigenvalue weighted by molar-refractivity contribution is 6.03. The first-order valence-corrected chi connectivity index (χ1v) is 23.9. The molecule has 1 fully saturated rings. The molecule has 0 aromatic heterocycles. The van der Waals surface area contributed by atoms with E-state index >= 15 is 0 Å². The van der Waals surface area contributed by atoms with Crippen LogP contribution in [0.2, 0.25) is 0 Å². The van der Waals surface area contributed by atoms with Crippen molar-refractivity contribution >= 4 is 29.3 Å². The second kappa shape index (κ2) is 26.6. The molecule has 6 atom stereocenters. The van der Waals surface area contributed by atoms with E-state index < -0.39 is 40.8 Å². The van der Waals surface area contributed by atoms with Crippen LogP contribution in [0.3, 0.4) is 0 Å². The molecule has 3 aliphatic rings. The third-order valence-corrected chi connectivity index (χ3v) is 12.9. The number of carbonyl (C=O) groups excluding carboxylic acids is 2. The van der Waals surface area contributed by atoms with Gasteiger partial charge >= 0.3 is 12.2 Å². The first-order valence-electron chi connectivity index (χ1n) is 23.9. The Morgan fingerprint density at radius 1 is 0.930 bits per heavy atom. The number of aliphatic hydroxyl groups excluding tert-OH is 3. The van der Waals surface area contributed by atoms with Crippen molar-refractivity contribution in [2.24, 2.45) is 22.9 Å². The number of unbranched alkanes of at least 4 members (excludes halogenated alkanes) is 2. The van der Waals surface area contributed by atoms with E-state index in [0.29, 0.717) is 84.7 Å². The number of methoxy groups -OCH3 is 2. The lowest BCUT2D eigenvalue weighted by Gasteiger charge is -2.59. The second-order valence-electron chi connectivity index (χ2n) is 17.3. The predicted octanol–water partition coefficient (Wildman–Crippen LogP) is 8.08. The molecule has 19 nitrogen and oxygen atoms in total. The van der Waals surface area contributed by atoms with Crippen LogP contribution in [-0.2, 0) is 25.7 Å². The number of fused-ring (bicyclic) bond motifs is 2. The van der Waals surface area contributed by atoms with E-state index in [1.54, 1.807) is 60.7 Å². The molecular formula is C52H66N4O15. The minimum absolute atomic E-state index is 0.00286. The predicted molar refractivity (Wildman–Crippen MR) is 263 cm³/mol. The molecule has 0 saturated heterocycles. The molecule has 19 heteroatoms. The SMILES string of the molecule is C=CCCOC(=O)N(CCOCCO)C1CC(=NOCc2ccc([N+](=O)[O-])cc2)C2=CC(CCCCO)C(CCCCO)C3c4cc(OC(=O)Nc5ccc(OC)cc5OC)ccc4OC1(OCC=C)C23. The van der Waals surface area contributed by atoms with Gasteiger partial charge in [-0.25, -0.2) is 9.59 Å². The van der Waals surface area contributed by atoms with Crippen molar-refractivity contribution in [1.29, 1.82) is 0 Å². The van der Waals surface area contributed by atoms with Gasteiger partial charge in [0.2, 0.25) is 5.79 Å². The van der Waals surface area contributed by atoms with Crippen LogP contribution in [0.25, 0.3) is 0 Å². The molecule has 2 aliphatic carbocycles. The number of aliphatic hydroxyl groups is 3. The van der Waals surface area contributed by atoms with Gasteiger partial charge in [0.15, 0.2) is 0 Å². The number of hydrogen-bond donors (Lipinski definition) is 4. The fourth-order valence-electron chi connectivity index (χ4n) is 9.77. The Hall–Kier alpha value is -6.51. The van der Waals surface area contributed by atoms with E-state index in [0.717, 1.165) is 5.57 Å². The molecule has 6 rings (SSSR count). The Labute approximate surface area is 413 Å². The lowest BCUT2D eigenvalue weighted by molar-refractivity contribution is -0.384. The van der Waals surface area contributed by atoms with E-state index in [-0.39, 0.29) is 89.1 Å². The largest absolute Gasteiger partial charge is 0.497 e. The third kappa shape index (κ3) is 13.3. The van der Waals surface area contributed by atoms with Crippen LogP contribution in [-0.4, -0.2) is 122 Å². The summed E-state index contributed by atoms with van der Waals surface area (Å²) in [5.41, 5.74) is 2.83. The zero-order chi connectivity index (χ0) is 50.8. The number of ether oxygens (including phenoxy) is 7. The highest BCUT2D eigenvalue weighted by Crippen LogP contribution is 2.62. The fraction of sp³-hybridized carbons (Fsp3) is 0.481. The van der Waals surface area contributed by atoms with Gasteiger partial charge in [-0.15, -0.1) is 13.2 Å². The number of hydrogen-bond acceptors (Lipinski definition) is 16. The van der Waals surface area contributed by atoms with Gasteiger partial charge in [0.25, 0.3) is 5.69 Å². The molecule has 0 radical (unpaired) electrons. The Morgan fingerprint density at radius 3 is 2.38 bits per heavy atom. The molecule has 0 bridgehead atoms. The van der Waals surface area contributed by atoms with Crippen molar-refractivity contribution in [2.75, 3.05) is 72.3 Å². The van der Waals surface area contributed by atoms with Crippen molar-refractivity contribution in [1.82, 2.24) is 4.90 Å². The maximum Gasteiger partial charge on any atom is 0.417 e. The smallest absolute Gasteiger partial charge is 0.417 e. The fourth-order valence-corrected chi connectivity index (χ4v) is 9.77. The van der Waals surface area contributed by atoms with Crippen LogP contribution in [0, 0.1) is 27.9 Å². The van der Waals surface area contributed by atoms with Crippen LogP contribution < -0.4 is 24.3 Å². The normalized spacial score (nSPS) is 21.3. The highest BCUT2D eigenvalue weighted by atomic mass is 16.7. The Morgan fingerprint density at radius 2 is 1.69 bits per heavy atom.